The first-order chi connectivity index (χ1) is 11.9. The molecule has 8 nitrogen and oxygen atoms in total. The van der Waals surface area contributed by atoms with E-state index in [1.165, 1.54) is 26.2 Å². The second-order valence-corrected chi connectivity index (χ2v) is 6.04. The summed E-state index contributed by atoms with van der Waals surface area (Å²) in [6, 6.07) is 4.81. The van der Waals surface area contributed by atoms with Crippen LogP contribution in [0.4, 0.5) is 5.69 Å². The molecular formula is C16H16INO7. The molecule has 0 saturated carbocycles. The van der Waals surface area contributed by atoms with Crippen molar-refractivity contribution in [2.75, 3.05) is 39.6 Å². The SMILES string of the molecule is COC(=O)C1=C(C(=O)OC)N(c2ccc(C(=O)OC)cc2I)COC1. The number of anilines is 1. The van der Waals surface area contributed by atoms with E-state index in [2.05, 4.69) is 0 Å². The molecule has 0 aliphatic carbocycles. The highest BCUT2D eigenvalue weighted by Gasteiger charge is 2.33. The molecule has 0 amide bonds. The largest absolute Gasteiger partial charge is 0.466 e. The van der Waals surface area contributed by atoms with E-state index in [1.807, 2.05) is 22.6 Å². The van der Waals surface area contributed by atoms with E-state index >= 15 is 0 Å². The second kappa shape index (κ2) is 8.30. The van der Waals surface area contributed by atoms with E-state index in [-0.39, 0.29) is 24.6 Å². The van der Waals surface area contributed by atoms with Gasteiger partial charge in [0, 0.05) is 3.57 Å². The van der Waals surface area contributed by atoms with Crippen molar-refractivity contribution in [3.63, 3.8) is 0 Å². The van der Waals surface area contributed by atoms with Gasteiger partial charge < -0.3 is 23.8 Å². The Balaban J connectivity index is 2.54. The molecule has 1 aliphatic heterocycles. The van der Waals surface area contributed by atoms with Crippen molar-refractivity contribution in [3.05, 3.63) is 38.6 Å². The lowest BCUT2D eigenvalue weighted by molar-refractivity contribution is -0.140. The quantitative estimate of drug-likeness (QED) is 0.379. The normalized spacial score (nSPS) is 14.2. The monoisotopic (exact) mass is 461 g/mol. The van der Waals surface area contributed by atoms with Crippen LogP contribution < -0.4 is 4.90 Å². The molecule has 1 aromatic carbocycles. The number of carbonyl (C=O) groups excluding carboxylic acids is 3. The summed E-state index contributed by atoms with van der Waals surface area (Å²) in [5, 5.41) is 0. The van der Waals surface area contributed by atoms with Gasteiger partial charge in [-0.1, -0.05) is 0 Å². The molecule has 0 atom stereocenters. The van der Waals surface area contributed by atoms with E-state index in [1.54, 1.807) is 18.2 Å². The van der Waals surface area contributed by atoms with Gasteiger partial charge in [0.05, 0.1) is 44.8 Å². The number of benzene rings is 1. The van der Waals surface area contributed by atoms with Crippen molar-refractivity contribution in [3.8, 4) is 0 Å². The number of carbonyl (C=O) groups is 3. The third kappa shape index (κ3) is 3.93. The second-order valence-electron chi connectivity index (χ2n) is 4.87. The average molecular weight is 461 g/mol. The Bertz CT molecular complexity index is 744. The standard InChI is InChI=1S/C16H16INO7/c1-22-14(19)9-4-5-12(11(17)6-9)18-8-25-7-10(15(20)23-2)13(18)16(21)24-3/h4-6H,7-8H2,1-3H3. The molecule has 0 aromatic heterocycles. The highest BCUT2D eigenvalue weighted by molar-refractivity contribution is 14.1. The maximum Gasteiger partial charge on any atom is 0.355 e. The van der Waals surface area contributed by atoms with Gasteiger partial charge in [-0.15, -0.1) is 0 Å². The maximum atomic E-state index is 12.3. The van der Waals surface area contributed by atoms with Crippen LogP contribution in [0.15, 0.2) is 29.5 Å². The van der Waals surface area contributed by atoms with E-state index < -0.39 is 17.9 Å². The van der Waals surface area contributed by atoms with E-state index in [9.17, 15) is 14.4 Å². The number of methoxy groups -OCH3 is 3. The molecule has 1 aliphatic rings. The van der Waals surface area contributed by atoms with Crippen LogP contribution in [0.5, 0.6) is 0 Å². The third-order valence-corrected chi connectivity index (χ3v) is 4.36. The van der Waals surface area contributed by atoms with E-state index in [0.717, 1.165) is 0 Å². The molecule has 0 bridgehead atoms. The molecule has 9 heteroatoms. The zero-order valence-electron chi connectivity index (χ0n) is 13.8. The lowest BCUT2D eigenvalue weighted by atomic mass is 10.1. The Morgan fingerprint density at radius 1 is 1.04 bits per heavy atom. The zero-order chi connectivity index (χ0) is 18.6. The summed E-state index contributed by atoms with van der Waals surface area (Å²) < 4.78 is 20.3. The molecule has 134 valence electrons. The van der Waals surface area contributed by atoms with Crippen LogP contribution in [0.25, 0.3) is 0 Å². The lowest BCUT2D eigenvalue weighted by Gasteiger charge is -2.32. The summed E-state index contributed by atoms with van der Waals surface area (Å²) in [6.07, 6.45) is 0. The summed E-state index contributed by atoms with van der Waals surface area (Å²) in [5.41, 5.74) is 1.05. The molecule has 0 spiro atoms. The van der Waals surface area contributed by atoms with Gasteiger partial charge >= 0.3 is 17.9 Å². The minimum absolute atomic E-state index is 0.0402. The van der Waals surface area contributed by atoms with Gasteiger partial charge in [0.15, 0.2) is 0 Å². The van der Waals surface area contributed by atoms with Gasteiger partial charge in [0.25, 0.3) is 0 Å². The Kier molecular flexibility index (Phi) is 6.37. The zero-order valence-corrected chi connectivity index (χ0v) is 16.0. The fourth-order valence-corrected chi connectivity index (χ4v) is 3.11. The van der Waals surface area contributed by atoms with E-state index in [0.29, 0.717) is 14.8 Å². The first-order valence-corrected chi connectivity index (χ1v) is 8.15. The van der Waals surface area contributed by atoms with Crippen molar-refractivity contribution >= 4 is 46.2 Å². The van der Waals surface area contributed by atoms with Crippen molar-refractivity contribution in [2.24, 2.45) is 0 Å². The van der Waals surface area contributed by atoms with Gasteiger partial charge in [-0.25, -0.2) is 14.4 Å². The summed E-state index contributed by atoms with van der Waals surface area (Å²) in [4.78, 5) is 37.4. The van der Waals surface area contributed by atoms with E-state index in [4.69, 9.17) is 18.9 Å². The van der Waals surface area contributed by atoms with Crippen LogP contribution in [-0.2, 0) is 28.5 Å². The number of halogens is 1. The summed E-state index contributed by atoms with van der Waals surface area (Å²) in [6.45, 7) is -0.0249. The molecule has 1 heterocycles. The van der Waals surface area contributed by atoms with Crippen molar-refractivity contribution in [2.45, 2.75) is 0 Å². The van der Waals surface area contributed by atoms with Crippen molar-refractivity contribution in [1.82, 2.24) is 0 Å². The Hall–Kier alpha value is -2.14. The molecular weight excluding hydrogens is 445 g/mol. The molecule has 1 aromatic rings. The van der Waals surface area contributed by atoms with Crippen LogP contribution in [0.2, 0.25) is 0 Å². The number of esters is 3. The molecule has 0 unspecified atom stereocenters. The minimum Gasteiger partial charge on any atom is -0.466 e. The molecule has 0 saturated heterocycles. The number of hydrogen-bond donors (Lipinski definition) is 0. The number of hydrogen-bond acceptors (Lipinski definition) is 8. The average Bonchev–Trinajstić information content (AvgIpc) is 2.65. The highest BCUT2D eigenvalue weighted by atomic mass is 127. The van der Waals surface area contributed by atoms with Crippen LogP contribution in [0.3, 0.4) is 0 Å². The highest BCUT2D eigenvalue weighted by Crippen LogP contribution is 2.31. The molecule has 0 fully saturated rings. The van der Waals surface area contributed by atoms with Crippen LogP contribution >= 0.6 is 22.6 Å². The van der Waals surface area contributed by atoms with Gasteiger partial charge in [0.1, 0.15) is 12.4 Å². The number of ether oxygens (including phenoxy) is 4. The smallest absolute Gasteiger partial charge is 0.355 e. The summed E-state index contributed by atoms with van der Waals surface area (Å²) >= 11 is 2.02. The molecule has 2 rings (SSSR count). The van der Waals surface area contributed by atoms with Crippen LogP contribution in [0.1, 0.15) is 10.4 Å². The van der Waals surface area contributed by atoms with Gasteiger partial charge in [-0.05, 0) is 40.8 Å². The summed E-state index contributed by atoms with van der Waals surface area (Å²) in [5.74, 6) is -1.83. The van der Waals surface area contributed by atoms with Crippen molar-refractivity contribution < 1.29 is 33.3 Å². The Labute approximate surface area is 157 Å². The Morgan fingerprint density at radius 2 is 1.68 bits per heavy atom. The third-order valence-electron chi connectivity index (χ3n) is 3.49. The summed E-state index contributed by atoms with van der Waals surface area (Å²) in [7, 11) is 3.74. The van der Waals surface area contributed by atoms with Crippen LogP contribution in [-0.4, -0.2) is 52.6 Å². The number of nitrogens with zero attached hydrogens (tertiary/aromatic N) is 1. The van der Waals surface area contributed by atoms with Gasteiger partial charge in [-0.2, -0.15) is 0 Å². The fraction of sp³-hybridized carbons (Fsp3) is 0.312. The fourth-order valence-electron chi connectivity index (χ4n) is 2.30. The maximum absolute atomic E-state index is 12.3. The van der Waals surface area contributed by atoms with Gasteiger partial charge in [-0.3, -0.25) is 0 Å². The predicted octanol–water partition coefficient (Wildman–Crippen LogP) is 1.47. The topological polar surface area (TPSA) is 91.4 Å². The first kappa shape index (κ1) is 19.2. The molecule has 0 N–H and O–H groups in total. The van der Waals surface area contributed by atoms with Gasteiger partial charge in [0.2, 0.25) is 0 Å². The molecule has 25 heavy (non-hydrogen) atoms. The lowest BCUT2D eigenvalue weighted by Crippen LogP contribution is -2.39. The first-order valence-electron chi connectivity index (χ1n) is 7.07. The number of rotatable bonds is 4. The van der Waals surface area contributed by atoms with Crippen molar-refractivity contribution in [1.29, 1.82) is 0 Å². The Morgan fingerprint density at radius 3 is 2.24 bits per heavy atom. The predicted molar refractivity (Wildman–Crippen MR) is 94.9 cm³/mol. The minimum atomic E-state index is -0.684. The van der Waals surface area contributed by atoms with Crippen LogP contribution in [0, 0.1) is 3.57 Å². The molecule has 0 radical (unpaired) electrons.